The van der Waals surface area contributed by atoms with Gasteiger partial charge in [0.1, 0.15) is 0 Å². The summed E-state index contributed by atoms with van der Waals surface area (Å²) in [6.07, 6.45) is 2.92. The molecule has 5 heteroatoms. The number of fused-ring (bicyclic) bond motifs is 1. The van der Waals surface area contributed by atoms with Crippen molar-refractivity contribution in [3.8, 4) is 0 Å². The van der Waals surface area contributed by atoms with Gasteiger partial charge in [0, 0.05) is 23.9 Å². The van der Waals surface area contributed by atoms with Crippen molar-refractivity contribution in [1.29, 1.82) is 0 Å². The van der Waals surface area contributed by atoms with Crippen LogP contribution in [0.4, 0.5) is 0 Å². The molecule has 0 radical (unpaired) electrons. The van der Waals surface area contributed by atoms with Crippen molar-refractivity contribution in [2.24, 2.45) is 5.10 Å². The Labute approximate surface area is 152 Å². The van der Waals surface area contributed by atoms with Crippen LogP contribution in [0.2, 0.25) is 0 Å². The Morgan fingerprint density at radius 1 is 1.20 bits per heavy atom. The lowest BCUT2D eigenvalue weighted by Crippen LogP contribution is -2.42. The Morgan fingerprint density at radius 2 is 2.04 bits per heavy atom. The van der Waals surface area contributed by atoms with Gasteiger partial charge in [-0.2, -0.15) is 5.10 Å². The van der Waals surface area contributed by atoms with Crippen LogP contribution in [-0.2, 0) is 11.2 Å². The maximum Gasteiger partial charge on any atom is 0.256 e. The zero-order valence-corrected chi connectivity index (χ0v) is 15.3. The van der Waals surface area contributed by atoms with Gasteiger partial charge in [-0.15, -0.1) is 11.3 Å². The minimum Gasteiger partial charge on any atom is -0.287 e. The molecule has 0 aliphatic carbocycles. The smallest absolute Gasteiger partial charge is 0.256 e. The third-order valence-electron chi connectivity index (χ3n) is 5.13. The first-order valence-electron chi connectivity index (χ1n) is 9.00. The Balaban J connectivity index is 1.45. The summed E-state index contributed by atoms with van der Waals surface area (Å²) in [5.74, 6) is 0.114. The fourth-order valence-corrected chi connectivity index (χ4v) is 4.77. The second kappa shape index (κ2) is 7.10. The van der Waals surface area contributed by atoms with Crippen LogP contribution in [0.15, 0.2) is 46.9 Å². The predicted molar refractivity (Wildman–Crippen MR) is 102 cm³/mol. The highest BCUT2D eigenvalue weighted by molar-refractivity contribution is 7.10. The predicted octanol–water partition coefficient (Wildman–Crippen LogP) is 3.69. The van der Waals surface area contributed by atoms with E-state index < -0.39 is 0 Å². The van der Waals surface area contributed by atoms with Crippen molar-refractivity contribution in [3.63, 3.8) is 0 Å². The molecular weight excluding hydrogens is 330 g/mol. The molecule has 130 valence electrons. The Hall–Kier alpha value is -1.98. The lowest BCUT2D eigenvalue weighted by Gasteiger charge is -2.35. The van der Waals surface area contributed by atoms with E-state index in [0.29, 0.717) is 19.1 Å². The van der Waals surface area contributed by atoms with Crippen LogP contribution < -0.4 is 0 Å². The number of hydrogen-bond acceptors (Lipinski definition) is 4. The monoisotopic (exact) mass is 353 g/mol. The summed E-state index contributed by atoms with van der Waals surface area (Å²) in [5.41, 5.74) is 3.55. The second-order valence-electron chi connectivity index (χ2n) is 6.62. The Bertz CT molecular complexity index is 783. The number of carbonyl (C=O) groups excluding carboxylic acids is 1. The summed E-state index contributed by atoms with van der Waals surface area (Å²) in [6, 6.07) is 12.7. The van der Waals surface area contributed by atoms with Crippen LogP contribution in [0.1, 0.15) is 41.8 Å². The third-order valence-corrected chi connectivity index (χ3v) is 6.12. The van der Waals surface area contributed by atoms with Crippen LogP contribution in [0.3, 0.4) is 0 Å². The molecule has 2 aliphatic rings. The van der Waals surface area contributed by atoms with Crippen molar-refractivity contribution < 1.29 is 4.79 Å². The van der Waals surface area contributed by atoms with Gasteiger partial charge in [0.05, 0.1) is 18.8 Å². The molecule has 1 amide bonds. The van der Waals surface area contributed by atoms with Crippen LogP contribution >= 0.6 is 11.3 Å². The molecule has 0 N–H and O–H groups in total. The summed E-state index contributed by atoms with van der Waals surface area (Å²) in [5, 5.41) is 8.43. The molecule has 3 heterocycles. The highest BCUT2D eigenvalue weighted by Gasteiger charge is 2.30. The normalized spacial score (nSPS) is 20.4. The Kier molecular flexibility index (Phi) is 4.68. The number of carbonyl (C=O) groups is 1. The molecular formula is C20H23N3OS. The SMILES string of the molecule is CC[C@H]1c2ccsc2CCN1CC(=O)N1CCC(c2ccccc2)=N1. The van der Waals surface area contributed by atoms with Gasteiger partial charge in [-0.05, 0) is 35.4 Å². The van der Waals surface area contributed by atoms with Crippen molar-refractivity contribution in [2.45, 2.75) is 32.2 Å². The van der Waals surface area contributed by atoms with Gasteiger partial charge in [0.15, 0.2) is 0 Å². The van der Waals surface area contributed by atoms with Crippen molar-refractivity contribution in [3.05, 3.63) is 57.8 Å². The topological polar surface area (TPSA) is 35.9 Å². The van der Waals surface area contributed by atoms with E-state index in [-0.39, 0.29) is 5.91 Å². The number of benzene rings is 1. The molecule has 1 atom stereocenters. The van der Waals surface area contributed by atoms with E-state index >= 15 is 0 Å². The van der Waals surface area contributed by atoms with Crippen molar-refractivity contribution >= 4 is 23.0 Å². The average Bonchev–Trinajstić information content (AvgIpc) is 3.32. The maximum absolute atomic E-state index is 12.8. The zero-order valence-electron chi connectivity index (χ0n) is 14.5. The summed E-state index contributed by atoms with van der Waals surface area (Å²) >= 11 is 1.84. The van der Waals surface area contributed by atoms with Gasteiger partial charge in [0.25, 0.3) is 5.91 Å². The van der Waals surface area contributed by atoms with Crippen LogP contribution in [-0.4, -0.2) is 41.2 Å². The summed E-state index contributed by atoms with van der Waals surface area (Å²) in [4.78, 5) is 16.6. The van der Waals surface area contributed by atoms with E-state index in [9.17, 15) is 4.79 Å². The van der Waals surface area contributed by atoms with Crippen molar-refractivity contribution in [1.82, 2.24) is 9.91 Å². The average molecular weight is 353 g/mol. The number of hydrazone groups is 1. The molecule has 25 heavy (non-hydrogen) atoms. The number of hydrogen-bond donors (Lipinski definition) is 0. The van der Waals surface area contributed by atoms with Crippen molar-refractivity contribution in [2.75, 3.05) is 19.6 Å². The first kappa shape index (κ1) is 16.5. The number of nitrogens with zero attached hydrogens (tertiary/aromatic N) is 3. The molecule has 2 aliphatic heterocycles. The highest BCUT2D eigenvalue weighted by atomic mass is 32.1. The number of rotatable bonds is 4. The third kappa shape index (κ3) is 3.26. The Morgan fingerprint density at radius 3 is 2.84 bits per heavy atom. The second-order valence-corrected chi connectivity index (χ2v) is 7.62. The zero-order chi connectivity index (χ0) is 17.2. The van der Waals surface area contributed by atoms with Gasteiger partial charge in [-0.3, -0.25) is 9.69 Å². The van der Waals surface area contributed by atoms with E-state index in [0.717, 1.165) is 37.1 Å². The molecule has 2 aromatic rings. The quantitative estimate of drug-likeness (QED) is 0.840. The van der Waals surface area contributed by atoms with Gasteiger partial charge in [-0.25, -0.2) is 5.01 Å². The van der Waals surface area contributed by atoms with Crippen LogP contribution in [0, 0.1) is 0 Å². The maximum atomic E-state index is 12.8. The molecule has 4 rings (SSSR count). The summed E-state index contributed by atoms with van der Waals surface area (Å²) in [7, 11) is 0. The summed E-state index contributed by atoms with van der Waals surface area (Å²) in [6.45, 7) is 4.31. The van der Waals surface area contributed by atoms with E-state index in [1.54, 1.807) is 5.01 Å². The first-order valence-corrected chi connectivity index (χ1v) is 9.88. The molecule has 0 unspecified atom stereocenters. The molecule has 0 bridgehead atoms. The minimum absolute atomic E-state index is 0.114. The van der Waals surface area contributed by atoms with Gasteiger partial charge < -0.3 is 0 Å². The van der Waals surface area contributed by atoms with E-state index in [1.807, 2.05) is 29.5 Å². The largest absolute Gasteiger partial charge is 0.287 e. The lowest BCUT2D eigenvalue weighted by molar-refractivity contribution is -0.132. The van der Waals surface area contributed by atoms with Gasteiger partial charge in [0.2, 0.25) is 0 Å². The van der Waals surface area contributed by atoms with Crippen LogP contribution in [0.25, 0.3) is 0 Å². The molecule has 0 saturated heterocycles. The molecule has 1 aromatic heterocycles. The van der Waals surface area contributed by atoms with Gasteiger partial charge >= 0.3 is 0 Å². The fraction of sp³-hybridized carbons (Fsp3) is 0.400. The molecule has 1 aromatic carbocycles. The summed E-state index contributed by atoms with van der Waals surface area (Å²) < 4.78 is 0. The van der Waals surface area contributed by atoms with E-state index in [1.165, 1.54) is 10.4 Å². The van der Waals surface area contributed by atoms with Crippen LogP contribution in [0.5, 0.6) is 0 Å². The number of amides is 1. The molecule has 0 saturated carbocycles. The standard InChI is InChI=1S/C20H23N3OS/c1-2-18-16-10-13-25-19(16)9-11-22(18)14-20(24)23-12-8-17(21-23)15-6-4-3-5-7-15/h3-7,10,13,18H,2,8-9,11-12,14H2,1H3/t18-/m0/s1. The highest BCUT2D eigenvalue weighted by Crippen LogP contribution is 2.35. The molecule has 0 spiro atoms. The fourth-order valence-electron chi connectivity index (χ4n) is 3.84. The molecule has 0 fully saturated rings. The number of thiophene rings is 1. The van der Waals surface area contributed by atoms with E-state index in [4.69, 9.17) is 0 Å². The lowest BCUT2D eigenvalue weighted by atomic mass is 9.98. The van der Waals surface area contributed by atoms with Gasteiger partial charge in [-0.1, -0.05) is 37.3 Å². The molecule has 4 nitrogen and oxygen atoms in total. The minimum atomic E-state index is 0.114. The first-order chi connectivity index (χ1) is 12.3. The van der Waals surface area contributed by atoms with E-state index in [2.05, 4.69) is 40.5 Å².